The van der Waals surface area contributed by atoms with Crippen molar-refractivity contribution in [3.05, 3.63) is 59.8 Å². The number of nitrogens with zero attached hydrogens (tertiary/aromatic N) is 4. The number of nitrogens with two attached hydrogens (primary N) is 1. The summed E-state index contributed by atoms with van der Waals surface area (Å²) in [6, 6.07) is 11.5. The number of aromatic nitrogens is 3. The molecule has 3 aromatic rings. The van der Waals surface area contributed by atoms with Crippen molar-refractivity contribution in [2.24, 2.45) is 0 Å². The zero-order chi connectivity index (χ0) is 23.8. The van der Waals surface area contributed by atoms with Gasteiger partial charge >= 0.3 is 0 Å². The van der Waals surface area contributed by atoms with Gasteiger partial charge in [-0.1, -0.05) is 23.4 Å². The van der Waals surface area contributed by atoms with Crippen LogP contribution in [0.5, 0.6) is 0 Å². The fraction of sp³-hybridized carbons (Fsp3) is 0.217. The van der Waals surface area contributed by atoms with Crippen LogP contribution in [0.2, 0.25) is 0 Å². The lowest BCUT2D eigenvalue weighted by Crippen LogP contribution is -2.52. The van der Waals surface area contributed by atoms with Crippen molar-refractivity contribution < 1.29 is 19.2 Å². The smallest absolute Gasteiger partial charge is 0.255 e. The van der Waals surface area contributed by atoms with Crippen LogP contribution in [-0.4, -0.2) is 49.6 Å². The van der Waals surface area contributed by atoms with Crippen molar-refractivity contribution in [2.75, 3.05) is 11.1 Å². The van der Waals surface area contributed by atoms with Gasteiger partial charge in [0.05, 0.1) is 6.20 Å². The number of fused-ring (bicyclic) bond motifs is 1. The summed E-state index contributed by atoms with van der Waals surface area (Å²) in [7, 11) is 0. The van der Waals surface area contributed by atoms with Gasteiger partial charge in [0.15, 0.2) is 0 Å². The Labute approximate surface area is 193 Å². The molecule has 172 valence electrons. The first-order chi connectivity index (χ1) is 16.4. The van der Waals surface area contributed by atoms with E-state index in [1.54, 1.807) is 36.5 Å². The van der Waals surface area contributed by atoms with Crippen LogP contribution in [0.25, 0.3) is 11.3 Å². The number of anilines is 2. The summed E-state index contributed by atoms with van der Waals surface area (Å²) in [5.74, 6) is -1.47. The Kier molecular flexibility index (Phi) is 5.28. The van der Waals surface area contributed by atoms with Gasteiger partial charge in [0.25, 0.3) is 5.91 Å². The van der Waals surface area contributed by atoms with E-state index in [0.29, 0.717) is 28.2 Å². The molecule has 34 heavy (non-hydrogen) atoms. The quantitative estimate of drug-likeness (QED) is 0.379. The summed E-state index contributed by atoms with van der Waals surface area (Å²) in [5, 5.41) is 13.2. The minimum absolute atomic E-state index is 0.0796. The monoisotopic (exact) mass is 459 g/mol. The van der Waals surface area contributed by atoms with Crippen LogP contribution in [0.1, 0.15) is 28.8 Å². The van der Waals surface area contributed by atoms with Crippen LogP contribution in [0, 0.1) is 0 Å². The van der Waals surface area contributed by atoms with E-state index in [4.69, 9.17) is 5.73 Å². The molecule has 0 bridgehead atoms. The Balaban J connectivity index is 1.29. The molecule has 1 unspecified atom stereocenters. The third-order valence-electron chi connectivity index (χ3n) is 5.88. The van der Waals surface area contributed by atoms with E-state index in [1.807, 2.05) is 12.1 Å². The van der Waals surface area contributed by atoms with Crippen molar-refractivity contribution in [2.45, 2.75) is 32.0 Å². The van der Waals surface area contributed by atoms with Gasteiger partial charge in [-0.15, -0.1) is 5.10 Å². The van der Waals surface area contributed by atoms with Crippen molar-refractivity contribution in [1.29, 1.82) is 0 Å². The highest BCUT2D eigenvalue weighted by Gasteiger charge is 2.39. The van der Waals surface area contributed by atoms with Crippen molar-refractivity contribution in [3.8, 4) is 11.3 Å². The lowest BCUT2D eigenvalue weighted by atomic mass is 10.0. The maximum Gasteiger partial charge on any atom is 0.255 e. The number of hydrogen-bond acceptors (Lipinski definition) is 7. The number of amides is 4. The average Bonchev–Trinajstić information content (AvgIpc) is 3.39. The van der Waals surface area contributed by atoms with Crippen LogP contribution < -0.4 is 16.4 Å². The molecule has 1 saturated heterocycles. The van der Waals surface area contributed by atoms with E-state index >= 15 is 0 Å². The van der Waals surface area contributed by atoms with Crippen LogP contribution in [0.4, 0.5) is 11.4 Å². The molecule has 0 aliphatic carbocycles. The van der Waals surface area contributed by atoms with E-state index < -0.39 is 11.9 Å². The highest BCUT2D eigenvalue weighted by molar-refractivity contribution is 6.06. The number of hydrogen-bond donors (Lipinski definition) is 3. The average molecular weight is 459 g/mol. The number of piperidine rings is 1. The Morgan fingerprint density at radius 1 is 1.18 bits per heavy atom. The molecule has 2 aliphatic rings. The maximum absolute atomic E-state index is 12.9. The molecular weight excluding hydrogens is 438 g/mol. The summed E-state index contributed by atoms with van der Waals surface area (Å²) < 4.78 is 1.41. The van der Waals surface area contributed by atoms with Gasteiger partial charge in [-0.05, 0) is 30.7 Å². The number of nitrogen functional groups attached to an aromatic ring is 1. The highest BCUT2D eigenvalue weighted by atomic mass is 16.2. The Morgan fingerprint density at radius 2 is 2.00 bits per heavy atom. The van der Waals surface area contributed by atoms with E-state index in [2.05, 4.69) is 20.9 Å². The molecule has 0 spiro atoms. The third-order valence-corrected chi connectivity index (χ3v) is 5.88. The molecule has 11 heteroatoms. The predicted octanol–water partition coefficient (Wildman–Crippen LogP) is 0.927. The molecule has 4 amide bonds. The second kappa shape index (κ2) is 8.43. The van der Waals surface area contributed by atoms with Gasteiger partial charge in [0.2, 0.25) is 17.7 Å². The van der Waals surface area contributed by atoms with E-state index in [1.165, 1.54) is 9.58 Å². The summed E-state index contributed by atoms with van der Waals surface area (Å²) in [4.78, 5) is 50.8. The van der Waals surface area contributed by atoms with E-state index in [-0.39, 0.29) is 43.7 Å². The molecular formula is C23H21N7O4. The second-order valence-electron chi connectivity index (χ2n) is 8.21. The standard InChI is InChI=1S/C23H21N7O4/c24-14-4-1-3-13(9-14)18-11-29(28-27-18)12-21(32)25-17-6-2-5-15-16(17)10-30(23(15)34)19-7-8-20(31)26-22(19)33/h1-6,9,11,19H,7-8,10,12,24H2,(H,25,32)(H,26,31,33). The third kappa shape index (κ3) is 3.98. The summed E-state index contributed by atoms with van der Waals surface area (Å²) in [6.07, 6.45) is 2.10. The highest BCUT2D eigenvalue weighted by Crippen LogP contribution is 2.32. The fourth-order valence-corrected chi connectivity index (χ4v) is 4.25. The molecule has 1 aromatic heterocycles. The molecule has 3 heterocycles. The lowest BCUT2D eigenvalue weighted by Gasteiger charge is -2.29. The molecule has 0 saturated carbocycles. The Hall–Kier alpha value is -4.54. The topological polar surface area (TPSA) is 152 Å². The van der Waals surface area contributed by atoms with Gasteiger partial charge in [-0.2, -0.15) is 0 Å². The molecule has 1 atom stereocenters. The summed E-state index contributed by atoms with van der Waals surface area (Å²) >= 11 is 0. The van der Waals surface area contributed by atoms with Crippen molar-refractivity contribution >= 4 is 35.0 Å². The van der Waals surface area contributed by atoms with Gasteiger partial charge in [0.1, 0.15) is 18.3 Å². The first-order valence-electron chi connectivity index (χ1n) is 10.7. The minimum Gasteiger partial charge on any atom is -0.399 e. The number of carbonyl (C=O) groups excluding carboxylic acids is 4. The number of carbonyl (C=O) groups is 4. The van der Waals surface area contributed by atoms with Gasteiger partial charge < -0.3 is 16.0 Å². The molecule has 5 rings (SSSR count). The first-order valence-corrected chi connectivity index (χ1v) is 10.7. The zero-order valence-corrected chi connectivity index (χ0v) is 18.0. The number of rotatable bonds is 5. The largest absolute Gasteiger partial charge is 0.399 e. The molecule has 4 N–H and O–H groups in total. The van der Waals surface area contributed by atoms with Crippen LogP contribution in [0.15, 0.2) is 48.7 Å². The molecule has 2 aromatic carbocycles. The van der Waals surface area contributed by atoms with E-state index in [0.717, 1.165) is 5.56 Å². The van der Waals surface area contributed by atoms with Crippen molar-refractivity contribution in [3.63, 3.8) is 0 Å². The Bertz CT molecular complexity index is 1330. The Morgan fingerprint density at radius 3 is 2.79 bits per heavy atom. The predicted molar refractivity (Wildman–Crippen MR) is 121 cm³/mol. The number of nitrogens with one attached hydrogen (secondary N) is 2. The van der Waals surface area contributed by atoms with Gasteiger partial charge in [-0.3, -0.25) is 24.5 Å². The summed E-state index contributed by atoms with van der Waals surface area (Å²) in [6.45, 7) is 0.0869. The minimum atomic E-state index is -0.721. The zero-order valence-electron chi connectivity index (χ0n) is 18.0. The second-order valence-corrected chi connectivity index (χ2v) is 8.21. The van der Waals surface area contributed by atoms with Crippen molar-refractivity contribution in [1.82, 2.24) is 25.2 Å². The van der Waals surface area contributed by atoms with E-state index in [9.17, 15) is 19.2 Å². The molecule has 11 nitrogen and oxygen atoms in total. The van der Waals surface area contributed by atoms with Crippen LogP contribution >= 0.6 is 0 Å². The van der Waals surface area contributed by atoms with Crippen LogP contribution in [0.3, 0.4) is 0 Å². The maximum atomic E-state index is 12.9. The number of benzene rings is 2. The van der Waals surface area contributed by atoms with Gasteiger partial charge in [0, 0.05) is 41.0 Å². The molecule has 0 radical (unpaired) electrons. The fourth-order valence-electron chi connectivity index (χ4n) is 4.25. The lowest BCUT2D eigenvalue weighted by molar-refractivity contribution is -0.137. The molecule has 1 fully saturated rings. The number of imide groups is 1. The molecule has 2 aliphatic heterocycles. The SMILES string of the molecule is Nc1cccc(-c2cn(CC(=O)Nc3cccc4c3CN(C3CCC(=O)NC3=O)C4=O)nn2)c1. The van der Waals surface area contributed by atoms with Gasteiger partial charge in [-0.25, -0.2) is 4.68 Å². The van der Waals surface area contributed by atoms with Crippen LogP contribution in [-0.2, 0) is 27.5 Å². The normalized spacial score (nSPS) is 17.5. The first kappa shape index (κ1) is 21.3. The summed E-state index contributed by atoms with van der Waals surface area (Å²) in [5.41, 5.74) is 9.33.